The smallest absolute Gasteiger partial charge is 0.0409 e. The lowest BCUT2D eigenvalue weighted by Crippen LogP contribution is -2.41. The first kappa shape index (κ1) is 15.1. The summed E-state index contributed by atoms with van der Waals surface area (Å²) >= 11 is 9.61. The van der Waals surface area contributed by atoms with Gasteiger partial charge < -0.3 is 5.32 Å². The fraction of sp³-hybridized carbons (Fsp3) is 0.333. The van der Waals surface area contributed by atoms with Gasteiger partial charge in [-0.15, -0.1) is 0 Å². The Morgan fingerprint density at radius 1 is 1.14 bits per heavy atom. The predicted octanol–water partition coefficient (Wildman–Crippen LogP) is 5.70. The van der Waals surface area contributed by atoms with Crippen molar-refractivity contribution in [3.05, 3.63) is 69.2 Å². The van der Waals surface area contributed by atoms with Crippen LogP contribution in [0.2, 0.25) is 5.02 Å². The van der Waals surface area contributed by atoms with Crippen LogP contribution in [0, 0.1) is 0 Å². The van der Waals surface area contributed by atoms with Gasteiger partial charge in [0.1, 0.15) is 0 Å². The summed E-state index contributed by atoms with van der Waals surface area (Å²) in [7, 11) is 0. The van der Waals surface area contributed by atoms with Gasteiger partial charge >= 0.3 is 0 Å². The van der Waals surface area contributed by atoms with Crippen molar-refractivity contribution in [3.8, 4) is 0 Å². The Balaban J connectivity index is 1.55. The number of halogens is 2. The van der Waals surface area contributed by atoms with Crippen molar-refractivity contribution in [2.45, 2.75) is 37.8 Å². The molecule has 1 saturated carbocycles. The third kappa shape index (κ3) is 3.68. The maximum absolute atomic E-state index is 6.06. The highest BCUT2D eigenvalue weighted by Gasteiger charge is 2.31. The molecule has 2 aromatic rings. The highest BCUT2D eigenvalue weighted by atomic mass is 79.9. The monoisotopic (exact) mass is 363 g/mol. The summed E-state index contributed by atoms with van der Waals surface area (Å²) in [6.07, 6.45) is 2.42. The fourth-order valence-corrected chi connectivity index (χ4v) is 3.63. The Labute approximate surface area is 139 Å². The lowest BCUT2D eigenvalue weighted by molar-refractivity contribution is 0.271. The Morgan fingerprint density at radius 3 is 2.62 bits per heavy atom. The highest BCUT2D eigenvalue weighted by Crippen LogP contribution is 2.38. The molecule has 21 heavy (non-hydrogen) atoms. The lowest BCUT2D eigenvalue weighted by Gasteiger charge is -2.38. The Hall–Kier alpha value is -0.830. The first-order chi connectivity index (χ1) is 10.1. The van der Waals surface area contributed by atoms with Gasteiger partial charge in [-0.2, -0.15) is 0 Å². The predicted molar refractivity (Wildman–Crippen MR) is 92.9 cm³/mol. The molecule has 1 aliphatic rings. The van der Waals surface area contributed by atoms with E-state index in [9.17, 15) is 0 Å². The van der Waals surface area contributed by atoms with Crippen molar-refractivity contribution in [1.82, 2.24) is 5.32 Å². The molecule has 1 unspecified atom stereocenters. The third-order valence-corrected chi connectivity index (χ3v) is 5.02. The van der Waals surface area contributed by atoms with Gasteiger partial charge in [-0.25, -0.2) is 0 Å². The van der Waals surface area contributed by atoms with E-state index in [2.05, 4.69) is 58.5 Å². The number of hydrogen-bond donors (Lipinski definition) is 1. The van der Waals surface area contributed by atoms with Gasteiger partial charge in [0.15, 0.2) is 0 Å². The molecule has 0 saturated heterocycles. The standard InChI is InChI=1S/C18H19BrClN/c1-12(13-4-3-7-17(20)9-13)21-18-10-15(11-18)14-5-2-6-16(19)8-14/h2-9,12,15,18,21H,10-11H2,1H3. The Bertz CT molecular complexity index is 622. The van der Waals surface area contributed by atoms with Gasteiger partial charge in [-0.05, 0) is 61.1 Å². The second kappa shape index (κ2) is 6.51. The maximum atomic E-state index is 6.06. The normalized spacial score (nSPS) is 22.6. The summed E-state index contributed by atoms with van der Waals surface area (Å²) in [5, 5.41) is 4.51. The van der Waals surface area contributed by atoms with Crippen LogP contribution >= 0.6 is 27.5 Å². The molecule has 0 spiro atoms. The summed E-state index contributed by atoms with van der Waals surface area (Å²) in [5.74, 6) is 0.687. The lowest BCUT2D eigenvalue weighted by atomic mass is 9.75. The minimum Gasteiger partial charge on any atom is -0.307 e. The van der Waals surface area contributed by atoms with Crippen molar-refractivity contribution in [3.63, 3.8) is 0 Å². The van der Waals surface area contributed by atoms with E-state index in [1.165, 1.54) is 28.4 Å². The maximum Gasteiger partial charge on any atom is 0.0409 e. The molecule has 3 heteroatoms. The summed E-state index contributed by atoms with van der Waals surface area (Å²) in [6, 6.07) is 17.7. The first-order valence-corrected chi connectivity index (χ1v) is 8.56. The van der Waals surface area contributed by atoms with Crippen LogP contribution in [0.5, 0.6) is 0 Å². The van der Waals surface area contributed by atoms with E-state index in [1.54, 1.807) is 0 Å². The van der Waals surface area contributed by atoms with E-state index < -0.39 is 0 Å². The fourth-order valence-electron chi connectivity index (χ4n) is 3.01. The van der Waals surface area contributed by atoms with E-state index in [1.807, 2.05) is 18.2 Å². The highest BCUT2D eigenvalue weighted by molar-refractivity contribution is 9.10. The van der Waals surface area contributed by atoms with Gasteiger partial charge in [-0.1, -0.05) is 51.8 Å². The van der Waals surface area contributed by atoms with Crippen LogP contribution in [0.1, 0.15) is 42.9 Å². The van der Waals surface area contributed by atoms with Crippen LogP contribution in [-0.2, 0) is 0 Å². The SMILES string of the molecule is CC(NC1CC(c2cccc(Br)c2)C1)c1cccc(Cl)c1. The quantitative estimate of drug-likeness (QED) is 0.734. The average molecular weight is 365 g/mol. The Morgan fingerprint density at radius 2 is 1.90 bits per heavy atom. The summed E-state index contributed by atoms with van der Waals surface area (Å²) in [6.45, 7) is 2.21. The molecule has 0 amide bonds. The number of rotatable bonds is 4. The molecule has 110 valence electrons. The zero-order chi connectivity index (χ0) is 14.8. The van der Waals surface area contributed by atoms with Crippen molar-refractivity contribution >= 4 is 27.5 Å². The molecule has 0 bridgehead atoms. The number of benzene rings is 2. The minimum absolute atomic E-state index is 0.345. The molecule has 1 atom stereocenters. The van der Waals surface area contributed by atoms with Crippen molar-refractivity contribution in [1.29, 1.82) is 0 Å². The van der Waals surface area contributed by atoms with Crippen molar-refractivity contribution in [2.24, 2.45) is 0 Å². The molecule has 1 fully saturated rings. The largest absolute Gasteiger partial charge is 0.307 e. The molecule has 1 nitrogen and oxygen atoms in total. The number of nitrogens with one attached hydrogen (secondary N) is 1. The molecule has 3 rings (SSSR count). The van der Waals surface area contributed by atoms with E-state index in [-0.39, 0.29) is 0 Å². The van der Waals surface area contributed by atoms with Gasteiger partial charge in [0.05, 0.1) is 0 Å². The molecule has 0 radical (unpaired) electrons. The molecule has 1 aliphatic carbocycles. The second-order valence-corrected chi connectivity index (χ2v) is 7.22. The number of hydrogen-bond acceptors (Lipinski definition) is 1. The van der Waals surface area contributed by atoms with E-state index in [0.717, 1.165) is 5.02 Å². The molecular weight excluding hydrogens is 346 g/mol. The van der Waals surface area contributed by atoms with Gasteiger partial charge in [0.2, 0.25) is 0 Å². The van der Waals surface area contributed by atoms with Gasteiger partial charge in [0, 0.05) is 21.6 Å². The van der Waals surface area contributed by atoms with Crippen LogP contribution in [-0.4, -0.2) is 6.04 Å². The molecule has 0 aliphatic heterocycles. The van der Waals surface area contributed by atoms with Crippen molar-refractivity contribution < 1.29 is 0 Å². The molecule has 1 N–H and O–H groups in total. The molecule has 0 heterocycles. The summed E-state index contributed by atoms with van der Waals surface area (Å²) < 4.78 is 1.17. The minimum atomic E-state index is 0.345. The summed E-state index contributed by atoms with van der Waals surface area (Å²) in [4.78, 5) is 0. The van der Waals surface area contributed by atoms with Crippen LogP contribution in [0.15, 0.2) is 53.0 Å². The average Bonchev–Trinajstić information content (AvgIpc) is 2.42. The summed E-state index contributed by atoms with van der Waals surface area (Å²) in [5.41, 5.74) is 2.70. The second-order valence-electron chi connectivity index (χ2n) is 5.86. The van der Waals surface area contributed by atoms with Crippen LogP contribution < -0.4 is 5.32 Å². The molecule has 0 aromatic heterocycles. The van der Waals surface area contributed by atoms with Crippen molar-refractivity contribution in [2.75, 3.05) is 0 Å². The zero-order valence-corrected chi connectivity index (χ0v) is 14.4. The van der Waals surface area contributed by atoms with E-state index >= 15 is 0 Å². The van der Waals surface area contributed by atoms with Crippen LogP contribution in [0.25, 0.3) is 0 Å². The van der Waals surface area contributed by atoms with Gasteiger partial charge in [0.25, 0.3) is 0 Å². The van der Waals surface area contributed by atoms with E-state index in [0.29, 0.717) is 18.0 Å². The zero-order valence-electron chi connectivity index (χ0n) is 12.0. The topological polar surface area (TPSA) is 12.0 Å². The first-order valence-electron chi connectivity index (χ1n) is 7.39. The van der Waals surface area contributed by atoms with Gasteiger partial charge in [-0.3, -0.25) is 0 Å². The molecular formula is C18H19BrClN. The van der Waals surface area contributed by atoms with Crippen LogP contribution in [0.3, 0.4) is 0 Å². The van der Waals surface area contributed by atoms with E-state index in [4.69, 9.17) is 11.6 Å². The third-order valence-electron chi connectivity index (χ3n) is 4.29. The molecule has 2 aromatic carbocycles. The Kier molecular flexibility index (Phi) is 4.68. The van der Waals surface area contributed by atoms with Crippen LogP contribution in [0.4, 0.5) is 0 Å².